The van der Waals surface area contributed by atoms with E-state index in [9.17, 15) is 5.11 Å². The molecule has 1 fully saturated rings. The van der Waals surface area contributed by atoms with Crippen LogP contribution in [0.2, 0.25) is 0 Å². The van der Waals surface area contributed by atoms with E-state index in [1.165, 1.54) is 6.42 Å². The number of aryl methyl sites for hydroxylation is 1. The summed E-state index contributed by atoms with van der Waals surface area (Å²) < 4.78 is 2.03. The van der Waals surface area contributed by atoms with Crippen molar-refractivity contribution in [3.8, 4) is 5.75 Å². The number of nitrogens with one attached hydrogen (secondary N) is 1. The van der Waals surface area contributed by atoms with Gasteiger partial charge in [-0.2, -0.15) is 5.10 Å². The molecule has 1 atom stereocenters. The summed E-state index contributed by atoms with van der Waals surface area (Å²) in [4.78, 5) is 0. The Bertz CT molecular complexity index is 541. The number of hydrogen-bond acceptors (Lipinski definition) is 3. The Labute approximate surface area is 100 Å². The van der Waals surface area contributed by atoms with Gasteiger partial charge in [-0.05, 0) is 38.4 Å². The Morgan fingerprint density at radius 1 is 1.53 bits per heavy atom. The minimum Gasteiger partial charge on any atom is -0.506 e. The maximum atomic E-state index is 9.78. The van der Waals surface area contributed by atoms with Crippen molar-refractivity contribution >= 4 is 10.9 Å². The van der Waals surface area contributed by atoms with E-state index in [1.54, 1.807) is 6.07 Å². The summed E-state index contributed by atoms with van der Waals surface area (Å²) in [6.07, 6.45) is 1.21. The molecule has 1 aromatic carbocycles. The van der Waals surface area contributed by atoms with E-state index in [1.807, 2.05) is 16.8 Å². The highest BCUT2D eigenvalue weighted by atomic mass is 16.3. The average molecular weight is 231 g/mol. The highest BCUT2D eigenvalue weighted by Gasteiger charge is 2.18. The van der Waals surface area contributed by atoms with Crippen LogP contribution in [0.5, 0.6) is 5.75 Å². The van der Waals surface area contributed by atoms with Crippen molar-refractivity contribution in [3.05, 3.63) is 23.9 Å². The number of fused-ring (bicyclic) bond motifs is 1. The molecular weight excluding hydrogens is 214 g/mol. The molecule has 0 amide bonds. The number of hydrogen-bond donors (Lipinski definition) is 2. The Hall–Kier alpha value is -1.55. The van der Waals surface area contributed by atoms with Crippen LogP contribution >= 0.6 is 0 Å². The van der Waals surface area contributed by atoms with Crippen molar-refractivity contribution in [1.82, 2.24) is 15.1 Å². The van der Waals surface area contributed by atoms with Crippen LogP contribution in [-0.2, 0) is 6.54 Å². The average Bonchev–Trinajstić information content (AvgIpc) is 2.92. The molecule has 90 valence electrons. The Morgan fingerprint density at radius 2 is 2.41 bits per heavy atom. The summed E-state index contributed by atoms with van der Waals surface area (Å²) in [5.74, 6) is 0.930. The first-order chi connectivity index (χ1) is 8.25. The lowest BCUT2D eigenvalue weighted by Gasteiger charge is -2.09. The monoisotopic (exact) mass is 231 g/mol. The second kappa shape index (κ2) is 4.04. The zero-order valence-corrected chi connectivity index (χ0v) is 9.98. The zero-order chi connectivity index (χ0) is 11.8. The number of phenolic OH excluding ortho intramolecular Hbond substituents is 1. The largest absolute Gasteiger partial charge is 0.506 e. The number of aromatic hydroxyl groups is 1. The van der Waals surface area contributed by atoms with Crippen LogP contribution in [0, 0.1) is 12.8 Å². The molecule has 4 nitrogen and oxygen atoms in total. The smallest absolute Gasteiger partial charge is 0.143 e. The van der Waals surface area contributed by atoms with Crippen LogP contribution in [0.3, 0.4) is 0 Å². The second-order valence-corrected chi connectivity index (χ2v) is 4.80. The van der Waals surface area contributed by atoms with E-state index in [0.29, 0.717) is 5.92 Å². The van der Waals surface area contributed by atoms with Crippen LogP contribution in [0.15, 0.2) is 18.2 Å². The molecule has 2 N–H and O–H groups in total. The van der Waals surface area contributed by atoms with E-state index in [4.69, 9.17) is 0 Å². The molecule has 1 saturated heterocycles. The Kier molecular flexibility index (Phi) is 2.52. The number of benzene rings is 1. The van der Waals surface area contributed by atoms with Gasteiger partial charge in [0.15, 0.2) is 0 Å². The van der Waals surface area contributed by atoms with Gasteiger partial charge in [0.2, 0.25) is 0 Å². The summed E-state index contributed by atoms with van der Waals surface area (Å²) in [6, 6.07) is 5.57. The molecule has 0 saturated carbocycles. The number of nitrogens with zero attached hydrogens (tertiary/aromatic N) is 2. The lowest BCUT2D eigenvalue weighted by Crippen LogP contribution is -2.16. The quantitative estimate of drug-likeness (QED) is 0.826. The van der Waals surface area contributed by atoms with Crippen LogP contribution in [-0.4, -0.2) is 28.0 Å². The third-order valence-corrected chi connectivity index (χ3v) is 3.61. The molecular formula is C13H17N3O. The molecule has 17 heavy (non-hydrogen) atoms. The van der Waals surface area contributed by atoms with Gasteiger partial charge in [-0.15, -0.1) is 0 Å². The molecule has 1 unspecified atom stereocenters. The summed E-state index contributed by atoms with van der Waals surface area (Å²) in [5.41, 5.74) is 1.86. The summed E-state index contributed by atoms with van der Waals surface area (Å²) in [7, 11) is 0. The minimum atomic E-state index is 0.272. The van der Waals surface area contributed by atoms with Crippen molar-refractivity contribution in [1.29, 1.82) is 0 Å². The van der Waals surface area contributed by atoms with Crippen LogP contribution in [0.25, 0.3) is 10.9 Å². The third-order valence-electron chi connectivity index (χ3n) is 3.61. The molecule has 0 bridgehead atoms. The predicted octanol–water partition coefficient (Wildman–Crippen LogP) is 1.66. The first kappa shape index (κ1) is 10.6. The minimum absolute atomic E-state index is 0.272. The SMILES string of the molecule is Cc1c2cccc(O)c2nn1CC1CCNC1. The molecule has 1 aliphatic heterocycles. The molecule has 0 spiro atoms. The zero-order valence-electron chi connectivity index (χ0n) is 9.98. The number of phenols is 1. The molecule has 3 rings (SSSR count). The van der Waals surface area contributed by atoms with Gasteiger partial charge in [-0.3, -0.25) is 4.68 Å². The van der Waals surface area contributed by atoms with Gasteiger partial charge < -0.3 is 10.4 Å². The Morgan fingerprint density at radius 3 is 3.12 bits per heavy atom. The molecule has 4 heteroatoms. The van der Waals surface area contributed by atoms with Gasteiger partial charge in [0, 0.05) is 17.6 Å². The third kappa shape index (κ3) is 1.78. The lowest BCUT2D eigenvalue weighted by atomic mass is 10.1. The second-order valence-electron chi connectivity index (χ2n) is 4.80. The van der Waals surface area contributed by atoms with E-state index < -0.39 is 0 Å². The van der Waals surface area contributed by atoms with Gasteiger partial charge in [0.05, 0.1) is 0 Å². The van der Waals surface area contributed by atoms with E-state index in [0.717, 1.165) is 36.2 Å². The topological polar surface area (TPSA) is 50.1 Å². The van der Waals surface area contributed by atoms with Crippen molar-refractivity contribution in [3.63, 3.8) is 0 Å². The summed E-state index contributed by atoms with van der Waals surface area (Å²) >= 11 is 0. The van der Waals surface area contributed by atoms with Gasteiger partial charge >= 0.3 is 0 Å². The maximum Gasteiger partial charge on any atom is 0.143 e. The number of aromatic nitrogens is 2. The van der Waals surface area contributed by atoms with Crippen LogP contribution < -0.4 is 5.32 Å². The van der Waals surface area contributed by atoms with Crippen molar-refractivity contribution in [2.24, 2.45) is 5.92 Å². The Balaban J connectivity index is 1.99. The lowest BCUT2D eigenvalue weighted by molar-refractivity contribution is 0.442. The van der Waals surface area contributed by atoms with Crippen molar-refractivity contribution in [2.75, 3.05) is 13.1 Å². The molecule has 2 heterocycles. The molecule has 0 aliphatic carbocycles. The normalized spacial score (nSPS) is 20.2. The fourth-order valence-electron chi connectivity index (χ4n) is 2.56. The summed E-state index contributed by atoms with van der Waals surface area (Å²) in [6.45, 7) is 5.18. The van der Waals surface area contributed by atoms with E-state index in [-0.39, 0.29) is 5.75 Å². The fourth-order valence-corrected chi connectivity index (χ4v) is 2.56. The standard InChI is InChI=1S/C13H17N3O/c1-9-11-3-2-4-12(17)13(11)15-16(9)8-10-5-6-14-7-10/h2-4,10,14,17H,5-8H2,1H3. The molecule has 1 aromatic heterocycles. The van der Waals surface area contributed by atoms with Gasteiger partial charge in [-0.1, -0.05) is 12.1 Å². The molecule has 1 aliphatic rings. The van der Waals surface area contributed by atoms with Gasteiger partial charge in [0.1, 0.15) is 11.3 Å². The highest BCUT2D eigenvalue weighted by Crippen LogP contribution is 2.26. The predicted molar refractivity (Wildman–Crippen MR) is 67.1 cm³/mol. The maximum absolute atomic E-state index is 9.78. The highest BCUT2D eigenvalue weighted by molar-refractivity contribution is 5.86. The molecule has 2 aromatic rings. The molecule has 0 radical (unpaired) electrons. The van der Waals surface area contributed by atoms with E-state index in [2.05, 4.69) is 17.3 Å². The number of rotatable bonds is 2. The summed E-state index contributed by atoms with van der Waals surface area (Å²) in [5, 5.41) is 18.7. The first-order valence-electron chi connectivity index (χ1n) is 6.11. The van der Waals surface area contributed by atoms with Crippen LogP contribution in [0.1, 0.15) is 12.1 Å². The van der Waals surface area contributed by atoms with Gasteiger partial charge in [0.25, 0.3) is 0 Å². The van der Waals surface area contributed by atoms with Crippen molar-refractivity contribution < 1.29 is 5.11 Å². The van der Waals surface area contributed by atoms with Gasteiger partial charge in [-0.25, -0.2) is 0 Å². The first-order valence-corrected chi connectivity index (χ1v) is 6.11. The van der Waals surface area contributed by atoms with E-state index >= 15 is 0 Å². The van der Waals surface area contributed by atoms with Crippen molar-refractivity contribution in [2.45, 2.75) is 19.9 Å². The van der Waals surface area contributed by atoms with Crippen LogP contribution in [0.4, 0.5) is 0 Å². The fraction of sp³-hybridized carbons (Fsp3) is 0.462.